The smallest absolute Gasteiger partial charge is 0.267 e. The van der Waals surface area contributed by atoms with Gasteiger partial charge < -0.3 is 5.32 Å². The Labute approximate surface area is 168 Å². The van der Waals surface area contributed by atoms with Crippen LogP contribution < -0.4 is 5.32 Å². The number of amides is 1. The number of thiazole rings is 1. The predicted molar refractivity (Wildman–Crippen MR) is 106 cm³/mol. The van der Waals surface area contributed by atoms with Crippen LogP contribution >= 0.6 is 34.7 Å². The summed E-state index contributed by atoms with van der Waals surface area (Å²) < 4.78 is 24.5. The van der Waals surface area contributed by atoms with Crippen molar-refractivity contribution in [1.29, 1.82) is 0 Å². The topological polar surface area (TPSA) is 89.0 Å². The second-order valence-corrected chi connectivity index (χ2v) is 9.98. The first-order chi connectivity index (χ1) is 12.9. The maximum absolute atomic E-state index is 12.5. The number of halogens is 1. The molecule has 1 aliphatic rings. The summed E-state index contributed by atoms with van der Waals surface area (Å²) >= 11 is 8.64. The van der Waals surface area contributed by atoms with Crippen molar-refractivity contribution in [2.45, 2.75) is 14.1 Å². The zero-order valence-electron chi connectivity index (χ0n) is 13.4. The van der Waals surface area contributed by atoms with Gasteiger partial charge in [0, 0.05) is 28.4 Å². The third-order valence-electron chi connectivity index (χ3n) is 3.65. The lowest BCUT2D eigenvalue weighted by atomic mass is 10.2. The number of aromatic nitrogens is 2. The molecule has 1 amide bonds. The van der Waals surface area contributed by atoms with Crippen LogP contribution in [-0.4, -0.2) is 24.3 Å². The van der Waals surface area contributed by atoms with Crippen LogP contribution in [0.2, 0.25) is 5.02 Å². The van der Waals surface area contributed by atoms with Crippen LogP contribution in [0.1, 0.15) is 15.2 Å². The molecule has 0 radical (unpaired) electrons. The summed E-state index contributed by atoms with van der Waals surface area (Å²) in [6.07, 6.45) is 6.18. The quantitative estimate of drug-likeness (QED) is 0.655. The molecule has 1 aliphatic heterocycles. The van der Waals surface area contributed by atoms with E-state index in [4.69, 9.17) is 11.6 Å². The molecule has 0 unspecified atom stereocenters. The van der Waals surface area contributed by atoms with E-state index in [1.54, 1.807) is 30.6 Å². The van der Waals surface area contributed by atoms with Crippen molar-refractivity contribution in [3.8, 4) is 0 Å². The molecule has 10 heteroatoms. The first-order valence-electron chi connectivity index (χ1n) is 7.54. The Kier molecular flexibility index (Phi) is 4.77. The van der Waals surface area contributed by atoms with Gasteiger partial charge in [-0.05, 0) is 29.8 Å². The molecule has 0 saturated heterocycles. The average Bonchev–Trinajstić information content (AvgIpc) is 3.22. The Morgan fingerprint density at radius 1 is 1.22 bits per heavy atom. The number of hydrogen-bond donors (Lipinski definition) is 1. The fourth-order valence-electron chi connectivity index (χ4n) is 2.37. The number of fused-ring (bicyclic) bond motifs is 1. The van der Waals surface area contributed by atoms with Crippen molar-refractivity contribution in [3.63, 3.8) is 0 Å². The van der Waals surface area contributed by atoms with Gasteiger partial charge in [0.15, 0.2) is 4.34 Å². The number of pyridine rings is 1. The number of nitrogens with zero attached hydrogens (tertiary/aromatic N) is 2. The Hall–Kier alpha value is -2.20. The molecular weight excluding hydrogens is 426 g/mol. The van der Waals surface area contributed by atoms with Gasteiger partial charge in [-0.1, -0.05) is 29.4 Å². The number of rotatable bonds is 4. The lowest BCUT2D eigenvalue weighted by Crippen LogP contribution is -2.10. The minimum absolute atomic E-state index is 0.188. The van der Waals surface area contributed by atoms with Crippen molar-refractivity contribution in [2.24, 2.45) is 0 Å². The molecule has 3 aromatic rings. The molecule has 0 aliphatic carbocycles. The van der Waals surface area contributed by atoms with Gasteiger partial charge in [0.1, 0.15) is 4.88 Å². The summed E-state index contributed by atoms with van der Waals surface area (Å²) in [5.41, 5.74) is 1.02. The van der Waals surface area contributed by atoms with Crippen molar-refractivity contribution < 1.29 is 13.2 Å². The van der Waals surface area contributed by atoms with Crippen molar-refractivity contribution in [2.75, 3.05) is 5.32 Å². The minimum Gasteiger partial charge on any atom is -0.321 e. The third-order valence-corrected chi connectivity index (χ3v) is 7.67. The summed E-state index contributed by atoms with van der Waals surface area (Å²) in [6.45, 7) is 0. The van der Waals surface area contributed by atoms with Crippen molar-refractivity contribution in [1.82, 2.24) is 9.97 Å². The molecule has 0 atom stereocenters. The number of carbonyl (C=O) groups is 1. The molecular formula is C17H10ClN3O3S3. The second kappa shape index (κ2) is 7.08. The first-order valence-corrected chi connectivity index (χ1v) is 11.1. The Morgan fingerprint density at radius 3 is 2.89 bits per heavy atom. The SMILES string of the molecule is O=C(Nc1ccc2c(c1)S(=O)(=O)C=C2)c1cnc(Sc2ccncc2Cl)s1. The molecule has 0 fully saturated rings. The van der Waals surface area contributed by atoms with Gasteiger partial charge in [0.25, 0.3) is 5.91 Å². The van der Waals surface area contributed by atoms with Gasteiger partial charge >= 0.3 is 0 Å². The Balaban J connectivity index is 1.50. The first kappa shape index (κ1) is 18.2. The Bertz CT molecular complexity index is 1190. The lowest BCUT2D eigenvalue weighted by molar-refractivity contribution is 0.103. The van der Waals surface area contributed by atoms with Gasteiger partial charge in [0.2, 0.25) is 9.84 Å². The monoisotopic (exact) mass is 435 g/mol. The fraction of sp³-hybridized carbons (Fsp3) is 0. The third kappa shape index (κ3) is 3.77. The molecule has 0 saturated carbocycles. The van der Waals surface area contributed by atoms with Crippen molar-refractivity contribution in [3.05, 3.63) is 63.7 Å². The van der Waals surface area contributed by atoms with E-state index in [9.17, 15) is 13.2 Å². The van der Waals surface area contributed by atoms with Crippen LogP contribution in [0.3, 0.4) is 0 Å². The summed E-state index contributed by atoms with van der Waals surface area (Å²) in [6, 6.07) is 6.55. The van der Waals surface area contributed by atoms with Gasteiger partial charge in [0.05, 0.1) is 16.1 Å². The van der Waals surface area contributed by atoms with E-state index in [1.807, 2.05) is 0 Å². The number of hydrogen-bond acceptors (Lipinski definition) is 7. The molecule has 1 N–H and O–H groups in total. The predicted octanol–water partition coefficient (Wildman–Crippen LogP) is 4.35. The molecule has 0 bridgehead atoms. The van der Waals surface area contributed by atoms with Crippen LogP contribution in [0, 0.1) is 0 Å². The van der Waals surface area contributed by atoms with E-state index in [1.165, 1.54) is 41.4 Å². The van der Waals surface area contributed by atoms with E-state index < -0.39 is 9.84 Å². The van der Waals surface area contributed by atoms with E-state index in [-0.39, 0.29) is 10.8 Å². The van der Waals surface area contributed by atoms with Crippen LogP contribution in [0.15, 0.2) is 62.4 Å². The Morgan fingerprint density at radius 2 is 2.07 bits per heavy atom. The molecule has 3 heterocycles. The zero-order valence-corrected chi connectivity index (χ0v) is 16.6. The van der Waals surface area contributed by atoms with E-state index in [0.29, 0.717) is 25.5 Å². The van der Waals surface area contributed by atoms with E-state index >= 15 is 0 Å². The molecule has 6 nitrogen and oxygen atoms in total. The number of sulfone groups is 1. The van der Waals surface area contributed by atoms with Crippen LogP contribution in [0.4, 0.5) is 5.69 Å². The fourth-order valence-corrected chi connectivity index (χ4v) is 5.66. The molecule has 136 valence electrons. The number of benzene rings is 1. The van der Waals surface area contributed by atoms with E-state index in [2.05, 4.69) is 15.3 Å². The molecule has 1 aromatic carbocycles. The van der Waals surface area contributed by atoms with Crippen LogP contribution in [0.25, 0.3) is 6.08 Å². The van der Waals surface area contributed by atoms with Gasteiger partial charge in [-0.2, -0.15) is 0 Å². The highest BCUT2D eigenvalue weighted by Gasteiger charge is 2.21. The second-order valence-electron chi connectivity index (χ2n) is 5.45. The summed E-state index contributed by atoms with van der Waals surface area (Å²) in [7, 11) is -3.43. The molecule has 0 spiro atoms. The highest BCUT2D eigenvalue weighted by Crippen LogP contribution is 2.35. The average molecular weight is 436 g/mol. The number of carbonyl (C=O) groups excluding carboxylic acids is 1. The van der Waals surface area contributed by atoms with Gasteiger partial charge in [-0.25, -0.2) is 13.4 Å². The molecule has 4 rings (SSSR count). The standard InChI is InChI=1S/C17H10ClN3O3S3/c18-12-8-19-5-3-13(12)25-17-20-9-14(26-17)16(22)21-11-2-1-10-4-6-27(23,24)15(10)7-11/h1-9H,(H,21,22). The van der Waals surface area contributed by atoms with Gasteiger partial charge in [-0.3, -0.25) is 9.78 Å². The van der Waals surface area contributed by atoms with Crippen LogP contribution in [0.5, 0.6) is 0 Å². The summed E-state index contributed by atoms with van der Waals surface area (Å²) in [5.74, 6) is -0.358. The largest absolute Gasteiger partial charge is 0.321 e. The minimum atomic E-state index is -3.43. The number of nitrogens with one attached hydrogen (secondary N) is 1. The highest BCUT2D eigenvalue weighted by atomic mass is 35.5. The lowest BCUT2D eigenvalue weighted by Gasteiger charge is -2.06. The maximum Gasteiger partial charge on any atom is 0.267 e. The van der Waals surface area contributed by atoms with Crippen molar-refractivity contribution >= 4 is 62.2 Å². The summed E-state index contributed by atoms with van der Waals surface area (Å²) in [5, 5.41) is 4.37. The normalized spacial score (nSPS) is 14.1. The summed E-state index contributed by atoms with van der Waals surface area (Å²) in [4.78, 5) is 22.0. The van der Waals surface area contributed by atoms with E-state index in [0.717, 1.165) is 10.3 Å². The van der Waals surface area contributed by atoms with Gasteiger partial charge in [-0.15, -0.1) is 11.3 Å². The molecule has 2 aromatic heterocycles. The van der Waals surface area contributed by atoms with Crippen LogP contribution in [-0.2, 0) is 9.84 Å². The number of anilines is 1. The maximum atomic E-state index is 12.5. The zero-order chi connectivity index (χ0) is 19.0. The molecule has 27 heavy (non-hydrogen) atoms. The highest BCUT2D eigenvalue weighted by molar-refractivity contribution is 8.01.